The van der Waals surface area contributed by atoms with Crippen LogP contribution in [0.25, 0.3) is 0 Å². The number of phenolic OH excluding ortho intramolecular Hbond substituents is 1. The van der Waals surface area contributed by atoms with Crippen LogP contribution in [0.3, 0.4) is 0 Å². The molecule has 0 spiro atoms. The van der Waals surface area contributed by atoms with Gasteiger partial charge in [0.05, 0.1) is 7.11 Å². The Morgan fingerprint density at radius 2 is 2.12 bits per heavy atom. The summed E-state index contributed by atoms with van der Waals surface area (Å²) in [7, 11) is 1.57. The van der Waals surface area contributed by atoms with Crippen molar-refractivity contribution < 1.29 is 9.84 Å². The molecule has 1 aromatic carbocycles. The Morgan fingerprint density at radius 3 is 2.62 bits per heavy atom. The molecule has 0 saturated carbocycles. The van der Waals surface area contributed by atoms with E-state index < -0.39 is 0 Å². The summed E-state index contributed by atoms with van der Waals surface area (Å²) in [5.74, 6) is 0.872. The molecule has 0 radical (unpaired) electrons. The normalized spacial score (nSPS) is 11.7. The Kier molecular flexibility index (Phi) is 6.93. The van der Waals surface area contributed by atoms with Crippen LogP contribution >= 0.6 is 12.4 Å². The van der Waals surface area contributed by atoms with Crippen LogP contribution in [-0.4, -0.2) is 12.2 Å². The quantitative estimate of drug-likeness (QED) is 0.839. The molecule has 0 bridgehead atoms. The number of hydrogen-bond acceptors (Lipinski definition) is 3. The van der Waals surface area contributed by atoms with E-state index in [1.165, 1.54) is 0 Å². The number of nitrogens with two attached hydrogens (primary N) is 1. The molecule has 0 heterocycles. The standard InChI is InChI=1S/C12H19NO2.ClH/c1-3-4-5-11(13)10-7-6-9(15-2)8-12(10)14;/h6-8,11,14H,3-5,13H2,1-2H3;1H/t11-;/m0./s1. The highest BCUT2D eigenvalue weighted by Crippen LogP contribution is 2.29. The molecule has 0 aliphatic rings. The summed E-state index contributed by atoms with van der Waals surface area (Å²) in [5, 5.41) is 9.73. The number of hydrogen-bond donors (Lipinski definition) is 2. The zero-order chi connectivity index (χ0) is 11.3. The number of methoxy groups -OCH3 is 1. The van der Waals surface area contributed by atoms with Gasteiger partial charge in [0, 0.05) is 17.7 Å². The smallest absolute Gasteiger partial charge is 0.124 e. The molecule has 1 atom stereocenters. The van der Waals surface area contributed by atoms with E-state index >= 15 is 0 Å². The number of halogens is 1. The Bertz CT molecular complexity index is 318. The van der Waals surface area contributed by atoms with Crippen LogP contribution in [-0.2, 0) is 0 Å². The molecule has 3 nitrogen and oxygen atoms in total. The fourth-order valence-corrected chi connectivity index (χ4v) is 1.54. The molecule has 1 aromatic rings. The van der Waals surface area contributed by atoms with Crippen molar-refractivity contribution in [2.24, 2.45) is 5.73 Å². The number of rotatable bonds is 5. The maximum atomic E-state index is 9.73. The van der Waals surface area contributed by atoms with Crippen molar-refractivity contribution >= 4 is 12.4 Å². The SMILES string of the molecule is CCCC[C@H](N)c1ccc(OC)cc1O.Cl. The number of unbranched alkanes of at least 4 members (excludes halogenated alkanes) is 1. The number of aromatic hydroxyl groups is 1. The molecule has 0 aliphatic heterocycles. The molecule has 0 fully saturated rings. The van der Waals surface area contributed by atoms with Crippen molar-refractivity contribution in [3.63, 3.8) is 0 Å². The summed E-state index contributed by atoms with van der Waals surface area (Å²) in [4.78, 5) is 0. The van der Waals surface area contributed by atoms with Crippen molar-refractivity contribution in [2.75, 3.05) is 7.11 Å². The van der Waals surface area contributed by atoms with Crippen molar-refractivity contribution in [3.8, 4) is 11.5 Å². The molecule has 92 valence electrons. The molecule has 0 saturated heterocycles. The Labute approximate surface area is 103 Å². The zero-order valence-corrected chi connectivity index (χ0v) is 10.6. The predicted octanol–water partition coefficient (Wildman–Crippen LogP) is 3.01. The van der Waals surface area contributed by atoms with E-state index in [-0.39, 0.29) is 24.2 Å². The summed E-state index contributed by atoms with van der Waals surface area (Å²) in [6.07, 6.45) is 3.09. The third-order valence-electron chi connectivity index (χ3n) is 2.51. The average molecular weight is 246 g/mol. The second-order valence-electron chi connectivity index (χ2n) is 3.67. The van der Waals surface area contributed by atoms with Gasteiger partial charge in [-0.2, -0.15) is 0 Å². The number of ether oxygens (including phenoxy) is 1. The van der Waals surface area contributed by atoms with Gasteiger partial charge in [-0.3, -0.25) is 0 Å². The van der Waals surface area contributed by atoms with E-state index in [0.29, 0.717) is 5.75 Å². The topological polar surface area (TPSA) is 55.5 Å². The highest BCUT2D eigenvalue weighted by atomic mass is 35.5. The van der Waals surface area contributed by atoms with E-state index in [0.717, 1.165) is 24.8 Å². The molecular weight excluding hydrogens is 226 g/mol. The van der Waals surface area contributed by atoms with Crippen LogP contribution in [0.5, 0.6) is 11.5 Å². The molecule has 0 aromatic heterocycles. The van der Waals surface area contributed by atoms with Crippen molar-refractivity contribution in [1.29, 1.82) is 0 Å². The molecular formula is C12H20ClNO2. The van der Waals surface area contributed by atoms with Crippen LogP contribution in [0.2, 0.25) is 0 Å². The molecule has 0 amide bonds. The summed E-state index contributed by atoms with van der Waals surface area (Å²) >= 11 is 0. The molecule has 3 N–H and O–H groups in total. The van der Waals surface area contributed by atoms with E-state index in [1.807, 2.05) is 12.1 Å². The van der Waals surface area contributed by atoms with Gasteiger partial charge in [-0.1, -0.05) is 25.8 Å². The Morgan fingerprint density at radius 1 is 1.44 bits per heavy atom. The van der Waals surface area contributed by atoms with Gasteiger partial charge in [0.1, 0.15) is 11.5 Å². The van der Waals surface area contributed by atoms with Gasteiger partial charge in [0.15, 0.2) is 0 Å². The fourth-order valence-electron chi connectivity index (χ4n) is 1.54. The van der Waals surface area contributed by atoms with Crippen molar-refractivity contribution in [1.82, 2.24) is 0 Å². The first-order valence-electron chi connectivity index (χ1n) is 5.31. The lowest BCUT2D eigenvalue weighted by atomic mass is 10.0. The van der Waals surface area contributed by atoms with Crippen LogP contribution < -0.4 is 10.5 Å². The lowest BCUT2D eigenvalue weighted by Gasteiger charge is -2.13. The van der Waals surface area contributed by atoms with Crippen LogP contribution in [0.15, 0.2) is 18.2 Å². The van der Waals surface area contributed by atoms with Gasteiger partial charge in [-0.25, -0.2) is 0 Å². The van der Waals surface area contributed by atoms with E-state index in [1.54, 1.807) is 13.2 Å². The van der Waals surface area contributed by atoms with Crippen molar-refractivity contribution in [2.45, 2.75) is 32.2 Å². The maximum Gasteiger partial charge on any atom is 0.124 e. The molecule has 16 heavy (non-hydrogen) atoms. The van der Waals surface area contributed by atoms with E-state index in [9.17, 15) is 5.11 Å². The highest BCUT2D eigenvalue weighted by molar-refractivity contribution is 5.85. The third-order valence-corrected chi connectivity index (χ3v) is 2.51. The second kappa shape index (κ2) is 7.36. The summed E-state index contributed by atoms with van der Waals surface area (Å²) in [6, 6.07) is 5.16. The first-order valence-corrected chi connectivity index (χ1v) is 5.31. The molecule has 1 rings (SSSR count). The predicted molar refractivity (Wildman–Crippen MR) is 68.4 cm³/mol. The minimum absolute atomic E-state index is 0. The lowest BCUT2D eigenvalue weighted by molar-refractivity contribution is 0.404. The van der Waals surface area contributed by atoms with Crippen molar-refractivity contribution in [3.05, 3.63) is 23.8 Å². The monoisotopic (exact) mass is 245 g/mol. The Hall–Kier alpha value is -0.930. The van der Waals surface area contributed by atoms with Crippen LogP contribution in [0, 0.1) is 0 Å². The average Bonchev–Trinajstić information content (AvgIpc) is 2.25. The maximum absolute atomic E-state index is 9.73. The van der Waals surface area contributed by atoms with Gasteiger partial charge in [0.25, 0.3) is 0 Å². The molecule has 4 heteroatoms. The van der Waals surface area contributed by atoms with Gasteiger partial charge < -0.3 is 15.6 Å². The second-order valence-corrected chi connectivity index (χ2v) is 3.67. The zero-order valence-electron chi connectivity index (χ0n) is 9.77. The van der Waals surface area contributed by atoms with Gasteiger partial charge in [0.2, 0.25) is 0 Å². The minimum Gasteiger partial charge on any atom is -0.507 e. The molecule has 0 aliphatic carbocycles. The molecule has 0 unspecified atom stereocenters. The van der Waals surface area contributed by atoms with Gasteiger partial charge in [-0.15, -0.1) is 12.4 Å². The largest absolute Gasteiger partial charge is 0.507 e. The van der Waals surface area contributed by atoms with Crippen LogP contribution in [0.1, 0.15) is 37.8 Å². The van der Waals surface area contributed by atoms with E-state index in [4.69, 9.17) is 10.5 Å². The first kappa shape index (κ1) is 15.1. The number of phenols is 1. The summed E-state index contributed by atoms with van der Waals surface area (Å²) in [5.41, 5.74) is 6.77. The van der Waals surface area contributed by atoms with Crippen LogP contribution in [0.4, 0.5) is 0 Å². The Balaban J connectivity index is 0.00000225. The first-order chi connectivity index (χ1) is 7.19. The lowest BCUT2D eigenvalue weighted by Crippen LogP contribution is -2.10. The third kappa shape index (κ3) is 3.91. The number of benzene rings is 1. The highest BCUT2D eigenvalue weighted by Gasteiger charge is 2.10. The minimum atomic E-state index is -0.0872. The summed E-state index contributed by atoms with van der Waals surface area (Å²) in [6.45, 7) is 2.13. The summed E-state index contributed by atoms with van der Waals surface area (Å²) < 4.78 is 5.01. The van der Waals surface area contributed by atoms with Gasteiger partial charge >= 0.3 is 0 Å². The van der Waals surface area contributed by atoms with E-state index in [2.05, 4.69) is 6.92 Å². The fraction of sp³-hybridized carbons (Fsp3) is 0.500. The van der Waals surface area contributed by atoms with Gasteiger partial charge in [-0.05, 0) is 12.5 Å².